The van der Waals surface area contributed by atoms with Gasteiger partial charge >= 0.3 is 0 Å². The standard InChI is InChI=1S/C17H14ClFN4.C13H14N2.C4HCl2FN2/c1-11-8-14(6-7-20-11)13-4-2-12(3-5-13)9-21-17-15(19)16(18)22-10-23-17;1-10-8-13(6-7-15-10)12-4-2-11(9-14)3-5-12;5-3-2(7)4(6)9-1-8-3/h2-8,10H,9H2,1H3,(H,21,22,23);2-8H,9,14H2,1H3;1H. The Bertz CT molecular complexity index is 1890. The van der Waals surface area contributed by atoms with Crippen LogP contribution in [-0.2, 0) is 13.1 Å². The van der Waals surface area contributed by atoms with E-state index in [2.05, 4.69) is 65.6 Å². The second-order valence-corrected chi connectivity index (χ2v) is 11.0. The van der Waals surface area contributed by atoms with Crippen molar-refractivity contribution in [2.75, 3.05) is 5.32 Å². The molecule has 8 nitrogen and oxygen atoms in total. The summed E-state index contributed by atoms with van der Waals surface area (Å²) in [4.78, 5) is 22.5. The summed E-state index contributed by atoms with van der Waals surface area (Å²) in [6.45, 7) is 5.00. The van der Waals surface area contributed by atoms with Gasteiger partial charge in [-0.25, -0.2) is 24.3 Å². The molecule has 0 atom stereocenters. The van der Waals surface area contributed by atoms with Gasteiger partial charge in [0.05, 0.1) is 0 Å². The molecule has 6 rings (SSSR count). The number of pyridine rings is 2. The number of anilines is 1. The van der Waals surface area contributed by atoms with Crippen LogP contribution in [0.25, 0.3) is 22.3 Å². The number of hydrogen-bond acceptors (Lipinski definition) is 8. The van der Waals surface area contributed by atoms with E-state index in [1.165, 1.54) is 17.5 Å². The zero-order valence-electron chi connectivity index (χ0n) is 25.3. The van der Waals surface area contributed by atoms with Crippen molar-refractivity contribution < 1.29 is 8.78 Å². The molecule has 4 aromatic heterocycles. The van der Waals surface area contributed by atoms with Crippen molar-refractivity contribution in [2.45, 2.75) is 26.9 Å². The highest BCUT2D eigenvalue weighted by molar-refractivity contribution is 6.33. The predicted octanol–water partition coefficient (Wildman–Crippen LogP) is 8.69. The van der Waals surface area contributed by atoms with Gasteiger partial charge in [-0.3, -0.25) is 9.97 Å². The summed E-state index contributed by atoms with van der Waals surface area (Å²) >= 11 is 16.0. The highest BCUT2D eigenvalue weighted by Crippen LogP contribution is 2.22. The minimum absolute atomic E-state index is 0.0961. The summed E-state index contributed by atoms with van der Waals surface area (Å²) in [6.07, 6.45) is 5.94. The molecule has 0 aliphatic heterocycles. The number of benzene rings is 2. The molecule has 3 N–H and O–H groups in total. The van der Waals surface area contributed by atoms with Crippen LogP contribution >= 0.6 is 34.8 Å². The summed E-state index contributed by atoms with van der Waals surface area (Å²) in [5.74, 6) is -1.32. The molecule has 2 aromatic carbocycles. The van der Waals surface area contributed by atoms with Crippen LogP contribution < -0.4 is 11.1 Å². The van der Waals surface area contributed by atoms with Crippen LogP contribution in [0.2, 0.25) is 15.5 Å². The van der Waals surface area contributed by atoms with E-state index in [0.29, 0.717) is 13.1 Å². The number of nitrogens with zero attached hydrogens (tertiary/aromatic N) is 6. The Morgan fingerprint density at radius 2 is 1.02 bits per heavy atom. The number of aromatic nitrogens is 6. The molecular weight excluding hydrogens is 665 g/mol. The van der Waals surface area contributed by atoms with Gasteiger partial charge in [0.2, 0.25) is 5.82 Å². The summed E-state index contributed by atoms with van der Waals surface area (Å²) in [6, 6.07) is 24.4. The molecule has 0 amide bonds. The van der Waals surface area contributed by atoms with Crippen molar-refractivity contribution in [3.8, 4) is 22.3 Å². The first-order valence-corrected chi connectivity index (χ1v) is 15.2. The zero-order chi connectivity index (χ0) is 33.8. The first-order chi connectivity index (χ1) is 22.6. The lowest BCUT2D eigenvalue weighted by Gasteiger charge is -2.08. The zero-order valence-corrected chi connectivity index (χ0v) is 27.6. The number of nitrogens with one attached hydrogen (secondary N) is 1. The van der Waals surface area contributed by atoms with Crippen LogP contribution in [0.4, 0.5) is 14.6 Å². The molecule has 240 valence electrons. The quantitative estimate of drug-likeness (QED) is 0.167. The minimum Gasteiger partial charge on any atom is -0.363 e. The van der Waals surface area contributed by atoms with Gasteiger partial charge in [0.15, 0.2) is 27.1 Å². The van der Waals surface area contributed by atoms with E-state index in [1.807, 2.05) is 62.5 Å². The first-order valence-electron chi connectivity index (χ1n) is 14.1. The van der Waals surface area contributed by atoms with Crippen LogP contribution in [0.15, 0.2) is 97.8 Å². The third kappa shape index (κ3) is 10.5. The second kappa shape index (κ2) is 17.3. The van der Waals surface area contributed by atoms with Gasteiger partial charge in [-0.1, -0.05) is 83.3 Å². The van der Waals surface area contributed by atoms with Crippen molar-refractivity contribution in [1.29, 1.82) is 0 Å². The third-order valence-corrected chi connectivity index (χ3v) is 7.31. The van der Waals surface area contributed by atoms with Gasteiger partial charge in [-0.15, -0.1) is 0 Å². The van der Waals surface area contributed by atoms with E-state index in [1.54, 1.807) is 6.20 Å². The van der Waals surface area contributed by atoms with E-state index >= 15 is 0 Å². The van der Waals surface area contributed by atoms with E-state index < -0.39 is 11.6 Å². The fourth-order valence-corrected chi connectivity index (χ4v) is 4.53. The van der Waals surface area contributed by atoms with Crippen LogP contribution in [-0.4, -0.2) is 29.9 Å². The molecule has 13 heteroatoms. The van der Waals surface area contributed by atoms with Crippen molar-refractivity contribution >= 4 is 40.6 Å². The lowest BCUT2D eigenvalue weighted by Crippen LogP contribution is -2.04. The molecule has 0 radical (unpaired) electrons. The number of aryl methyl sites for hydroxylation is 2. The molecule has 0 spiro atoms. The average molecular weight is 694 g/mol. The molecule has 0 fully saturated rings. The minimum atomic E-state index is -0.777. The molecule has 0 bridgehead atoms. The maximum atomic E-state index is 13.7. The molecule has 0 saturated heterocycles. The summed E-state index contributed by atoms with van der Waals surface area (Å²) in [5, 5.41) is 2.22. The molecule has 47 heavy (non-hydrogen) atoms. The van der Waals surface area contributed by atoms with Crippen LogP contribution in [0.3, 0.4) is 0 Å². The van der Waals surface area contributed by atoms with Crippen molar-refractivity contribution in [2.24, 2.45) is 5.73 Å². The van der Waals surface area contributed by atoms with Gasteiger partial charge in [-0.2, -0.15) is 4.39 Å². The van der Waals surface area contributed by atoms with E-state index in [9.17, 15) is 8.78 Å². The molecule has 0 unspecified atom stereocenters. The Morgan fingerprint density at radius 3 is 1.47 bits per heavy atom. The summed E-state index contributed by atoms with van der Waals surface area (Å²) in [7, 11) is 0. The number of nitrogens with two attached hydrogens (primary N) is 1. The molecule has 0 saturated carbocycles. The Morgan fingerprint density at radius 1 is 0.574 bits per heavy atom. The van der Waals surface area contributed by atoms with Crippen LogP contribution in [0.5, 0.6) is 0 Å². The lowest BCUT2D eigenvalue weighted by atomic mass is 10.0. The Kier molecular flexibility index (Phi) is 13.0. The third-order valence-electron chi connectivity index (χ3n) is 6.51. The second-order valence-electron chi connectivity index (χ2n) is 9.92. The first kappa shape index (κ1) is 35.2. The number of hydrogen-bond donors (Lipinski definition) is 2. The SMILES string of the molecule is Cc1cc(-c2ccc(CN)cc2)ccn1.Cc1cc(-c2ccc(CNc3ncnc(Cl)c3F)cc2)ccn1.Fc1c(Cl)ncnc1Cl. The maximum absolute atomic E-state index is 13.7. The fourth-order valence-electron chi connectivity index (χ4n) is 4.08. The summed E-state index contributed by atoms with van der Waals surface area (Å²) < 4.78 is 26.0. The normalized spacial score (nSPS) is 10.3. The summed E-state index contributed by atoms with van der Waals surface area (Å²) in [5.41, 5.74) is 14.4. The highest BCUT2D eigenvalue weighted by Gasteiger charge is 2.09. The van der Waals surface area contributed by atoms with Crippen molar-refractivity contribution in [1.82, 2.24) is 29.9 Å². The molecular formula is C34H29Cl3F2N8. The topological polar surface area (TPSA) is 115 Å². The Hall–Kier alpha value is -4.61. The van der Waals surface area contributed by atoms with E-state index in [4.69, 9.17) is 40.5 Å². The lowest BCUT2D eigenvalue weighted by molar-refractivity contribution is 0.614. The monoisotopic (exact) mass is 692 g/mol. The number of halogens is 5. The van der Waals surface area contributed by atoms with Crippen molar-refractivity contribution in [3.63, 3.8) is 0 Å². The van der Waals surface area contributed by atoms with Gasteiger partial charge in [0.1, 0.15) is 12.7 Å². The Labute approximate surface area is 286 Å². The van der Waals surface area contributed by atoms with E-state index in [-0.39, 0.29) is 21.3 Å². The van der Waals surface area contributed by atoms with Gasteiger partial charge in [-0.05, 0) is 71.5 Å². The van der Waals surface area contributed by atoms with Crippen LogP contribution in [0.1, 0.15) is 22.5 Å². The average Bonchev–Trinajstić information content (AvgIpc) is 3.09. The Balaban J connectivity index is 0.000000178. The van der Waals surface area contributed by atoms with Gasteiger partial charge in [0, 0.05) is 36.9 Å². The smallest absolute Gasteiger partial charge is 0.202 e. The maximum Gasteiger partial charge on any atom is 0.202 e. The predicted molar refractivity (Wildman–Crippen MR) is 183 cm³/mol. The highest BCUT2D eigenvalue weighted by atomic mass is 35.5. The number of rotatable bonds is 6. The molecule has 6 aromatic rings. The van der Waals surface area contributed by atoms with Crippen LogP contribution in [0, 0.1) is 25.5 Å². The van der Waals surface area contributed by atoms with Gasteiger partial charge < -0.3 is 11.1 Å². The van der Waals surface area contributed by atoms with Crippen molar-refractivity contribution in [3.05, 3.63) is 147 Å². The molecule has 4 heterocycles. The molecule has 0 aliphatic rings. The largest absolute Gasteiger partial charge is 0.363 e. The fraction of sp³-hybridized carbons (Fsp3) is 0.118. The van der Waals surface area contributed by atoms with E-state index in [0.717, 1.165) is 40.0 Å². The molecule has 0 aliphatic carbocycles. The van der Waals surface area contributed by atoms with Gasteiger partial charge in [0.25, 0.3) is 0 Å².